The van der Waals surface area contributed by atoms with E-state index in [0.717, 1.165) is 21.3 Å². The number of anilines is 1. The molecule has 0 amide bonds. The number of ketones is 1. The van der Waals surface area contributed by atoms with Gasteiger partial charge < -0.3 is 4.90 Å². The number of carbonyl (C=O) groups is 1. The molecule has 0 radical (unpaired) electrons. The molecular weight excluding hydrogens is 498 g/mol. The number of nitrogens with zero attached hydrogens (tertiary/aromatic N) is 3. The summed E-state index contributed by atoms with van der Waals surface area (Å²) in [6, 6.07) is 25.3. The summed E-state index contributed by atoms with van der Waals surface area (Å²) >= 11 is 9.85. The summed E-state index contributed by atoms with van der Waals surface area (Å²) in [5.74, 6) is -0.822. The summed E-state index contributed by atoms with van der Waals surface area (Å²) < 4.78 is 0.760. The molecule has 0 saturated carbocycles. The zero-order chi connectivity index (χ0) is 23.2. The molecule has 0 bridgehead atoms. The first kappa shape index (κ1) is 21.5. The number of nitriles is 2. The Kier molecular flexibility index (Phi) is 5.33. The third-order valence-electron chi connectivity index (χ3n) is 6.54. The molecule has 2 aliphatic heterocycles. The van der Waals surface area contributed by atoms with Crippen LogP contribution in [-0.2, 0) is 0 Å². The third kappa shape index (κ3) is 3.20. The topological polar surface area (TPSA) is 67.9 Å². The van der Waals surface area contributed by atoms with Crippen LogP contribution >= 0.6 is 27.5 Å². The molecule has 6 heteroatoms. The molecule has 2 aliphatic rings. The molecule has 160 valence electrons. The molecule has 0 aromatic heterocycles. The second-order valence-electron chi connectivity index (χ2n) is 8.18. The molecule has 33 heavy (non-hydrogen) atoms. The Labute approximate surface area is 205 Å². The lowest BCUT2D eigenvalue weighted by molar-refractivity contribution is 0.0951. The molecule has 3 aromatic carbocycles. The van der Waals surface area contributed by atoms with Gasteiger partial charge in [-0.05, 0) is 35.4 Å². The van der Waals surface area contributed by atoms with Crippen LogP contribution in [-0.4, -0.2) is 17.9 Å². The predicted octanol–water partition coefficient (Wildman–Crippen LogP) is 6.39. The Morgan fingerprint density at radius 1 is 1.00 bits per heavy atom. The van der Waals surface area contributed by atoms with Crippen molar-refractivity contribution in [2.45, 2.75) is 18.0 Å². The van der Waals surface area contributed by atoms with Gasteiger partial charge in [-0.3, -0.25) is 4.79 Å². The number of carbonyl (C=O) groups excluding carboxylic acids is 1. The monoisotopic (exact) mass is 513 g/mol. The maximum Gasteiger partial charge on any atom is 0.185 e. The van der Waals surface area contributed by atoms with E-state index in [2.05, 4.69) is 28.1 Å². The zero-order valence-electron chi connectivity index (χ0n) is 17.3. The summed E-state index contributed by atoms with van der Waals surface area (Å²) in [5, 5.41) is 21.5. The third-order valence-corrected chi connectivity index (χ3v) is 7.49. The van der Waals surface area contributed by atoms with Gasteiger partial charge in [0.05, 0.1) is 18.2 Å². The highest BCUT2D eigenvalue weighted by molar-refractivity contribution is 9.10. The van der Waals surface area contributed by atoms with E-state index < -0.39 is 23.4 Å². The molecule has 3 aromatic rings. The highest BCUT2D eigenvalue weighted by Gasteiger charge is 2.63. The van der Waals surface area contributed by atoms with Gasteiger partial charge in [-0.25, -0.2) is 0 Å². The number of hydrogen-bond donors (Lipinski definition) is 0. The SMILES string of the molecule is N#CC1(C#N)[C@@H]2C=Cc3cc(Cl)ccc3N2[C@@H](C(=O)c2ccccc2)[C@@H]1c1ccccc1Br. The normalized spacial score (nSPS) is 22.1. The van der Waals surface area contributed by atoms with Crippen molar-refractivity contribution in [3.8, 4) is 12.1 Å². The van der Waals surface area contributed by atoms with Crippen molar-refractivity contribution < 1.29 is 4.79 Å². The number of Topliss-reactive ketones (excluding diaryl/α,β-unsaturated/α-hetero) is 1. The number of benzene rings is 3. The van der Waals surface area contributed by atoms with Gasteiger partial charge in [-0.1, -0.05) is 88.2 Å². The van der Waals surface area contributed by atoms with E-state index >= 15 is 0 Å². The smallest absolute Gasteiger partial charge is 0.185 e. The molecule has 0 aliphatic carbocycles. The standard InChI is InChI=1S/C27H17BrClN3O/c28-21-9-5-4-8-20(21)24-25(26(33)17-6-2-1-3-7-17)32-22-12-11-19(29)14-18(22)10-13-23(32)27(24,15-30)16-31/h1-14,23-25H/t23-,24-,25+/m0/s1. The minimum absolute atomic E-state index is 0.134. The quantitative estimate of drug-likeness (QED) is 0.380. The highest BCUT2D eigenvalue weighted by atomic mass is 79.9. The minimum Gasteiger partial charge on any atom is -0.351 e. The average molecular weight is 515 g/mol. The lowest BCUT2D eigenvalue weighted by Gasteiger charge is -2.35. The molecule has 0 spiro atoms. The van der Waals surface area contributed by atoms with Crippen molar-refractivity contribution >= 4 is 45.1 Å². The van der Waals surface area contributed by atoms with Crippen LogP contribution in [0.4, 0.5) is 5.69 Å². The van der Waals surface area contributed by atoms with Crippen LogP contribution in [0.15, 0.2) is 83.3 Å². The molecule has 0 unspecified atom stereocenters. The van der Waals surface area contributed by atoms with Crippen LogP contribution in [0.1, 0.15) is 27.4 Å². The van der Waals surface area contributed by atoms with E-state index in [0.29, 0.717) is 10.6 Å². The second kappa shape index (κ2) is 8.19. The molecule has 1 fully saturated rings. The predicted molar refractivity (Wildman–Crippen MR) is 132 cm³/mol. The largest absolute Gasteiger partial charge is 0.351 e. The Balaban J connectivity index is 1.81. The summed E-state index contributed by atoms with van der Waals surface area (Å²) in [6.07, 6.45) is 3.74. The Morgan fingerprint density at radius 2 is 1.70 bits per heavy atom. The van der Waals surface area contributed by atoms with Crippen LogP contribution in [0.3, 0.4) is 0 Å². The molecule has 5 rings (SSSR count). The lowest BCUT2D eigenvalue weighted by atomic mass is 9.69. The maximum absolute atomic E-state index is 14.1. The van der Waals surface area contributed by atoms with Crippen LogP contribution in [0.2, 0.25) is 5.02 Å². The van der Waals surface area contributed by atoms with E-state index in [1.54, 1.807) is 18.2 Å². The van der Waals surface area contributed by atoms with Gasteiger partial charge in [-0.2, -0.15) is 10.5 Å². The van der Waals surface area contributed by atoms with Crippen molar-refractivity contribution in [3.05, 3.63) is 105 Å². The molecular formula is C27H17BrClN3O. The van der Waals surface area contributed by atoms with Gasteiger partial charge in [0, 0.05) is 26.7 Å². The van der Waals surface area contributed by atoms with Gasteiger partial charge in [-0.15, -0.1) is 0 Å². The van der Waals surface area contributed by atoms with E-state index in [4.69, 9.17) is 11.6 Å². The van der Waals surface area contributed by atoms with Crippen LogP contribution in [0.5, 0.6) is 0 Å². The minimum atomic E-state index is -1.48. The highest BCUT2D eigenvalue weighted by Crippen LogP contribution is 2.56. The van der Waals surface area contributed by atoms with Crippen molar-refractivity contribution in [2.75, 3.05) is 4.90 Å². The zero-order valence-corrected chi connectivity index (χ0v) is 19.7. The van der Waals surface area contributed by atoms with Gasteiger partial charge >= 0.3 is 0 Å². The van der Waals surface area contributed by atoms with Gasteiger partial charge in [0.1, 0.15) is 6.04 Å². The van der Waals surface area contributed by atoms with Crippen molar-refractivity contribution in [1.29, 1.82) is 10.5 Å². The summed E-state index contributed by atoms with van der Waals surface area (Å²) in [6.45, 7) is 0. The average Bonchev–Trinajstić information content (AvgIpc) is 3.14. The van der Waals surface area contributed by atoms with Crippen LogP contribution in [0, 0.1) is 28.1 Å². The fourth-order valence-electron chi connectivity index (χ4n) is 5.11. The van der Waals surface area contributed by atoms with E-state index in [9.17, 15) is 15.3 Å². The summed E-state index contributed by atoms with van der Waals surface area (Å²) in [7, 11) is 0. The van der Waals surface area contributed by atoms with Crippen molar-refractivity contribution in [3.63, 3.8) is 0 Å². The number of halogens is 2. The first-order chi connectivity index (χ1) is 16.0. The lowest BCUT2D eigenvalue weighted by Crippen LogP contribution is -2.44. The van der Waals surface area contributed by atoms with Gasteiger partial charge in [0.25, 0.3) is 0 Å². The number of fused-ring (bicyclic) bond motifs is 3. The van der Waals surface area contributed by atoms with E-state index in [-0.39, 0.29) is 5.78 Å². The van der Waals surface area contributed by atoms with Gasteiger partial charge in [0.2, 0.25) is 0 Å². The molecule has 3 atom stereocenters. The number of hydrogen-bond acceptors (Lipinski definition) is 4. The molecule has 2 heterocycles. The van der Waals surface area contributed by atoms with E-state index in [1.165, 1.54) is 0 Å². The first-order valence-electron chi connectivity index (χ1n) is 10.4. The fraction of sp³-hybridized carbons (Fsp3) is 0.148. The molecule has 0 N–H and O–H groups in total. The van der Waals surface area contributed by atoms with E-state index in [1.807, 2.05) is 71.6 Å². The summed E-state index contributed by atoms with van der Waals surface area (Å²) in [4.78, 5) is 16.0. The van der Waals surface area contributed by atoms with Crippen LogP contribution < -0.4 is 4.90 Å². The van der Waals surface area contributed by atoms with Crippen molar-refractivity contribution in [1.82, 2.24) is 0 Å². The first-order valence-corrected chi connectivity index (χ1v) is 11.6. The fourth-order valence-corrected chi connectivity index (χ4v) is 5.82. The summed E-state index contributed by atoms with van der Waals surface area (Å²) in [5.41, 5.74) is 1.45. The van der Waals surface area contributed by atoms with Crippen LogP contribution in [0.25, 0.3) is 6.08 Å². The van der Waals surface area contributed by atoms with Crippen molar-refractivity contribution in [2.24, 2.45) is 5.41 Å². The second-order valence-corrected chi connectivity index (χ2v) is 9.47. The maximum atomic E-state index is 14.1. The Morgan fingerprint density at radius 3 is 2.39 bits per heavy atom. The molecule has 4 nitrogen and oxygen atoms in total. The Hall–Kier alpha value is -3.38. The Bertz CT molecular complexity index is 1360. The number of rotatable bonds is 3. The molecule has 1 saturated heterocycles. The van der Waals surface area contributed by atoms with Gasteiger partial charge in [0.15, 0.2) is 11.2 Å².